The number of pyridine rings is 1. The Morgan fingerprint density at radius 1 is 1.07 bits per heavy atom. The summed E-state index contributed by atoms with van der Waals surface area (Å²) in [7, 11) is 1.60. The lowest BCUT2D eigenvalue weighted by Gasteiger charge is -2.11. The first-order valence-electron chi connectivity index (χ1n) is 9.21. The molecule has 0 saturated carbocycles. The van der Waals surface area contributed by atoms with Crippen LogP contribution in [0.3, 0.4) is 0 Å². The van der Waals surface area contributed by atoms with Crippen molar-refractivity contribution in [1.82, 2.24) is 4.57 Å². The standard InChI is InChI=1S/C23H24N2O3/c1-16(2)18-7-10-20(11-8-18)24-23(27)19-9-12-22(26)25(15-19)14-17-5-4-6-21(13-17)28-3/h4-13,15-16H,14H2,1-3H3,(H,24,27). The molecular weight excluding hydrogens is 352 g/mol. The highest BCUT2D eigenvalue weighted by Gasteiger charge is 2.09. The van der Waals surface area contributed by atoms with Crippen molar-refractivity contribution in [3.8, 4) is 5.75 Å². The second kappa shape index (κ2) is 8.57. The largest absolute Gasteiger partial charge is 0.497 e. The topological polar surface area (TPSA) is 60.3 Å². The van der Waals surface area contributed by atoms with Crippen LogP contribution >= 0.6 is 0 Å². The Labute approximate surface area is 164 Å². The van der Waals surface area contributed by atoms with Crippen molar-refractivity contribution in [2.45, 2.75) is 26.3 Å². The van der Waals surface area contributed by atoms with Crippen LogP contribution in [0.2, 0.25) is 0 Å². The molecule has 1 heterocycles. The third-order valence-corrected chi connectivity index (χ3v) is 4.57. The molecule has 0 radical (unpaired) electrons. The number of ether oxygens (including phenoxy) is 1. The molecule has 1 aromatic heterocycles. The van der Waals surface area contributed by atoms with Gasteiger partial charge in [0.2, 0.25) is 0 Å². The average Bonchev–Trinajstić information content (AvgIpc) is 2.70. The Kier molecular flexibility index (Phi) is 5.94. The lowest BCUT2D eigenvalue weighted by Crippen LogP contribution is -2.22. The molecule has 28 heavy (non-hydrogen) atoms. The summed E-state index contributed by atoms with van der Waals surface area (Å²) in [6.45, 7) is 4.61. The highest BCUT2D eigenvalue weighted by atomic mass is 16.5. The molecule has 0 atom stereocenters. The summed E-state index contributed by atoms with van der Waals surface area (Å²) in [5.41, 5.74) is 3.11. The zero-order chi connectivity index (χ0) is 20.1. The molecule has 1 amide bonds. The van der Waals surface area contributed by atoms with Crippen LogP contribution in [0.1, 0.15) is 41.3 Å². The first-order chi connectivity index (χ1) is 13.5. The highest BCUT2D eigenvalue weighted by molar-refractivity contribution is 6.04. The fourth-order valence-electron chi connectivity index (χ4n) is 2.91. The molecule has 5 nitrogen and oxygen atoms in total. The van der Waals surface area contributed by atoms with Gasteiger partial charge in [-0.1, -0.05) is 38.1 Å². The molecule has 0 aliphatic heterocycles. The molecule has 0 fully saturated rings. The molecule has 3 rings (SSSR count). The Hall–Kier alpha value is -3.34. The van der Waals surface area contributed by atoms with Gasteiger partial charge in [-0.25, -0.2) is 0 Å². The second-order valence-electron chi connectivity index (χ2n) is 6.97. The maximum Gasteiger partial charge on any atom is 0.257 e. The third-order valence-electron chi connectivity index (χ3n) is 4.57. The Morgan fingerprint density at radius 2 is 1.82 bits per heavy atom. The third kappa shape index (κ3) is 4.68. The van der Waals surface area contributed by atoms with E-state index in [1.165, 1.54) is 16.2 Å². The number of aromatic nitrogens is 1. The van der Waals surface area contributed by atoms with E-state index in [2.05, 4.69) is 19.2 Å². The van der Waals surface area contributed by atoms with Crippen LogP contribution in [-0.2, 0) is 6.54 Å². The molecule has 0 aliphatic carbocycles. The number of carbonyl (C=O) groups is 1. The van der Waals surface area contributed by atoms with Crippen molar-refractivity contribution in [2.24, 2.45) is 0 Å². The molecule has 144 valence electrons. The van der Waals surface area contributed by atoms with Gasteiger partial charge in [-0.15, -0.1) is 0 Å². The van der Waals surface area contributed by atoms with Gasteiger partial charge in [0, 0.05) is 18.0 Å². The number of hydrogen-bond acceptors (Lipinski definition) is 3. The monoisotopic (exact) mass is 376 g/mol. The van der Waals surface area contributed by atoms with E-state index in [9.17, 15) is 9.59 Å². The van der Waals surface area contributed by atoms with E-state index >= 15 is 0 Å². The van der Waals surface area contributed by atoms with Crippen LogP contribution in [0.5, 0.6) is 5.75 Å². The molecular formula is C23H24N2O3. The second-order valence-corrected chi connectivity index (χ2v) is 6.97. The Bertz CT molecular complexity index is 1020. The lowest BCUT2D eigenvalue weighted by atomic mass is 10.0. The summed E-state index contributed by atoms with van der Waals surface area (Å²) in [6.07, 6.45) is 1.58. The number of nitrogens with one attached hydrogen (secondary N) is 1. The predicted octanol–water partition coefficient (Wildman–Crippen LogP) is 4.28. The van der Waals surface area contributed by atoms with Crippen molar-refractivity contribution in [2.75, 3.05) is 12.4 Å². The molecule has 0 unspecified atom stereocenters. The van der Waals surface area contributed by atoms with E-state index in [1.54, 1.807) is 19.4 Å². The van der Waals surface area contributed by atoms with Gasteiger partial charge in [0.05, 0.1) is 19.2 Å². The van der Waals surface area contributed by atoms with Crippen molar-refractivity contribution in [3.63, 3.8) is 0 Å². The van der Waals surface area contributed by atoms with Crippen molar-refractivity contribution >= 4 is 11.6 Å². The number of nitrogens with zero attached hydrogens (tertiary/aromatic N) is 1. The van der Waals surface area contributed by atoms with Gasteiger partial charge in [0.1, 0.15) is 5.75 Å². The van der Waals surface area contributed by atoms with E-state index in [4.69, 9.17) is 4.74 Å². The maximum atomic E-state index is 12.6. The molecule has 0 aliphatic rings. The summed E-state index contributed by atoms with van der Waals surface area (Å²) in [5, 5.41) is 2.88. The molecule has 3 aromatic rings. The zero-order valence-electron chi connectivity index (χ0n) is 16.3. The van der Waals surface area contributed by atoms with Gasteiger partial charge < -0.3 is 14.6 Å². The van der Waals surface area contributed by atoms with Crippen molar-refractivity contribution in [3.05, 3.63) is 93.9 Å². The van der Waals surface area contributed by atoms with Crippen LogP contribution in [0, 0.1) is 0 Å². The maximum absolute atomic E-state index is 12.6. The number of hydrogen-bond donors (Lipinski definition) is 1. The predicted molar refractivity (Wildman–Crippen MR) is 111 cm³/mol. The van der Waals surface area contributed by atoms with E-state index in [-0.39, 0.29) is 11.5 Å². The quantitative estimate of drug-likeness (QED) is 0.698. The summed E-state index contributed by atoms with van der Waals surface area (Å²) in [6, 6.07) is 18.2. The summed E-state index contributed by atoms with van der Waals surface area (Å²) >= 11 is 0. The van der Waals surface area contributed by atoms with E-state index in [1.807, 2.05) is 48.5 Å². The fourth-order valence-corrected chi connectivity index (χ4v) is 2.91. The van der Waals surface area contributed by atoms with Crippen LogP contribution in [0.15, 0.2) is 71.7 Å². The molecule has 2 aromatic carbocycles. The van der Waals surface area contributed by atoms with Crippen molar-refractivity contribution < 1.29 is 9.53 Å². The molecule has 0 bridgehead atoms. The average molecular weight is 376 g/mol. The van der Waals surface area contributed by atoms with Gasteiger partial charge in [-0.3, -0.25) is 9.59 Å². The first-order valence-corrected chi connectivity index (χ1v) is 9.21. The number of anilines is 1. The van der Waals surface area contributed by atoms with Crippen LogP contribution in [0.4, 0.5) is 5.69 Å². The molecule has 0 saturated heterocycles. The smallest absolute Gasteiger partial charge is 0.257 e. The number of amides is 1. The van der Waals surface area contributed by atoms with Crippen LogP contribution in [-0.4, -0.2) is 17.6 Å². The normalized spacial score (nSPS) is 10.7. The Balaban J connectivity index is 1.78. The van der Waals surface area contributed by atoms with E-state index in [0.29, 0.717) is 18.0 Å². The summed E-state index contributed by atoms with van der Waals surface area (Å²) in [5.74, 6) is 0.908. The minimum absolute atomic E-state index is 0.166. The lowest BCUT2D eigenvalue weighted by molar-refractivity contribution is 0.102. The van der Waals surface area contributed by atoms with E-state index < -0.39 is 0 Å². The van der Waals surface area contributed by atoms with Crippen LogP contribution < -0.4 is 15.6 Å². The molecule has 5 heteroatoms. The zero-order valence-corrected chi connectivity index (χ0v) is 16.3. The van der Waals surface area contributed by atoms with E-state index in [0.717, 1.165) is 17.0 Å². The first kappa shape index (κ1) is 19.4. The highest BCUT2D eigenvalue weighted by Crippen LogP contribution is 2.18. The summed E-state index contributed by atoms with van der Waals surface area (Å²) in [4.78, 5) is 24.8. The number of carbonyl (C=O) groups excluding carboxylic acids is 1. The van der Waals surface area contributed by atoms with Crippen LogP contribution in [0.25, 0.3) is 0 Å². The van der Waals surface area contributed by atoms with Crippen molar-refractivity contribution in [1.29, 1.82) is 0 Å². The van der Waals surface area contributed by atoms with Gasteiger partial charge in [-0.05, 0) is 47.4 Å². The molecule has 1 N–H and O–H groups in total. The van der Waals surface area contributed by atoms with Gasteiger partial charge in [0.25, 0.3) is 11.5 Å². The summed E-state index contributed by atoms with van der Waals surface area (Å²) < 4.78 is 6.74. The van der Waals surface area contributed by atoms with Gasteiger partial charge in [0.15, 0.2) is 0 Å². The molecule has 0 spiro atoms. The Morgan fingerprint density at radius 3 is 2.50 bits per heavy atom. The number of methoxy groups -OCH3 is 1. The number of benzene rings is 2. The fraction of sp³-hybridized carbons (Fsp3) is 0.217. The minimum atomic E-state index is -0.253. The van der Waals surface area contributed by atoms with Gasteiger partial charge >= 0.3 is 0 Å². The van der Waals surface area contributed by atoms with Gasteiger partial charge in [-0.2, -0.15) is 0 Å². The minimum Gasteiger partial charge on any atom is -0.497 e. The number of rotatable bonds is 6. The SMILES string of the molecule is COc1cccc(Cn2cc(C(=O)Nc3ccc(C(C)C)cc3)ccc2=O)c1.